The van der Waals surface area contributed by atoms with E-state index in [-0.39, 0.29) is 28.0 Å². The molecule has 1 saturated heterocycles. The van der Waals surface area contributed by atoms with Crippen LogP contribution in [-0.2, 0) is 19.6 Å². The number of carbonyl (C=O) groups excluding carboxylic acids is 2. The van der Waals surface area contributed by atoms with Crippen molar-refractivity contribution in [1.82, 2.24) is 4.90 Å². The van der Waals surface area contributed by atoms with Gasteiger partial charge in [-0.2, -0.15) is 0 Å². The Kier molecular flexibility index (Phi) is 5.84. The summed E-state index contributed by atoms with van der Waals surface area (Å²) in [6.07, 6.45) is 2.00. The van der Waals surface area contributed by atoms with Crippen LogP contribution in [0.4, 0.5) is 0 Å². The number of benzene rings is 1. The highest BCUT2D eigenvalue weighted by Gasteiger charge is 2.23. The minimum atomic E-state index is -4.06. The molecule has 1 aliphatic heterocycles. The third-order valence-corrected chi connectivity index (χ3v) is 5.20. The highest BCUT2D eigenvalue weighted by molar-refractivity contribution is 7.89. The number of nitrogens with zero attached hydrogens (tertiary/aromatic N) is 1. The Morgan fingerprint density at radius 2 is 2.12 bits per heavy atom. The monoisotopic (exact) mass is 374 g/mol. The number of halogens is 1. The van der Waals surface area contributed by atoms with Crippen LogP contribution >= 0.6 is 11.6 Å². The predicted octanol–water partition coefficient (Wildman–Crippen LogP) is 1.40. The lowest BCUT2D eigenvalue weighted by molar-refractivity contribution is -0.136. The molecule has 7 nitrogen and oxygen atoms in total. The van der Waals surface area contributed by atoms with Crippen LogP contribution in [0.5, 0.6) is 0 Å². The van der Waals surface area contributed by atoms with Gasteiger partial charge in [0.05, 0.1) is 10.6 Å². The molecule has 1 aliphatic rings. The van der Waals surface area contributed by atoms with E-state index in [2.05, 4.69) is 6.92 Å². The van der Waals surface area contributed by atoms with Crippen LogP contribution < -0.4 is 5.14 Å². The van der Waals surface area contributed by atoms with Crippen molar-refractivity contribution in [1.29, 1.82) is 0 Å². The molecule has 0 aromatic heterocycles. The van der Waals surface area contributed by atoms with Gasteiger partial charge in [0, 0.05) is 13.1 Å². The zero-order valence-electron chi connectivity index (χ0n) is 13.2. The third kappa shape index (κ3) is 4.68. The van der Waals surface area contributed by atoms with Crippen LogP contribution in [0, 0.1) is 5.92 Å². The Morgan fingerprint density at radius 1 is 1.42 bits per heavy atom. The Bertz CT molecular complexity index is 750. The van der Waals surface area contributed by atoms with Crippen molar-refractivity contribution in [3.05, 3.63) is 28.8 Å². The van der Waals surface area contributed by atoms with Crippen LogP contribution in [0.2, 0.25) is 5.02 Å². The molecule has 1 aromatic carbocycles. The molecular weight excluding hydrogens is 356 g/mol. The van der Waals surface area contributed by atoms with E-state index in [1.165, 1.54) is 12.1 Å². The van der Waals surface area contributed by atoms with Gasteiger partial charge in [0.15, 0.2) is 6.61 Å². The van der Waals surface area contributed by atoms with Crippen molar-refractivity contribution in [2.45, 2.75) is 24.7 Å². The van der Waals surface area contributed by atoms with Crippen LogP contribution in [0.25, 0.3) is 0 Å². The lowest BCUT2D eigenvalue weighted by Gasteiger charge is -2.30. The highest BCUT2D eigenvalue weighted by atomic mass is 35.5. The zero-order valence-corrected chi connectivity index (χ0v) is 14.8. The SMILES string of the molecule is C[C@@H]1CCCN(C(=O)COC(=O)c2ccc(Cl)c(S(N)(=O)=O)c2)C1. The summed E-state index contributed by atoms with van der Waals surface area (Å²) < 4.78 is 27.8. The van der Waals surface area contributed by atoms with Gasteiger partial charge in [-0.05, 0) is 37.0 Å². The fraction of sp³-hybridized carbons (Fsp3) is 0.467. The van der Waals surface area contributed by atoms with Crippen molar-refractivity contribution < 1.29 is 22.7 Å². The molecule has 1 amide bonds. The predicted molar refractivity (Wildman–Crippen MR) is 88.1 cm³/mol. The number of primary sulfonamides is 1. The first kappa shape index (κ1) is 18.7. The van der Waals surface area contributed by atoms with Crippen molar-refractivity contribution in [3.8, 4) is 0 Å². The molecule has 0 saturated carbocycles. The molecule has 1 fully saturated rings. The first-order chi connectivity index (χ1) is 11.2. The number of sulfonamides is 1. The maximum Gasteiger partial charge on any atom is 0.338 e. The molecule has 1 aromatic rings. The van der Waals surface area contributed by atoms with Crippen molar-refractivity contribution in [3.63, 3.8) is 0 Å². The summed E-state index contributed by atoms with van der Waals surface area (Å²) in [4.78, 5) is 25.4. The third-order valence-electron chi connectivity index (χ3n) is 3.81. The van der Waals surface area contributed by atoms with Crippen LogP contribution in [0.3, 0.4) is 0 Å². The standard InChI is InChI=1S/C15H19ClN2O5S/c1-10-3-2-6-18(8-10)14(19)9-23-15(20)11-4-5-12(16)13(7-11)24(17,21)22/h4-5,7,10H,2-3,6,8-9H2,1H3,(H2,17,21,22)/t10-/m1/s1. The van der Waals surface area contributed by atoms with E-state index in [9.17, 15) is 18.0 Å². The number of carbonyl (C=O) groups is 2. The van der Waals surface area contributed by atoms with Crippen molar-refractivity contribution in [2.75, 3.05) is 19.7 Å². The van der Waals surface area contributed by atoms with Crippen molar-refractivity contribution in [2.24, 2.45) is 11.1 Å². The molecule has 0 radical (unpaired) electrons. The maximum absolute atomic E-state index is 12.1. The summed E-state index contributed by atoms with van der Waals surface area (Å²) in [5.74, 6) is -0.655. The molecule has 2 rings (SSSR count). The van der Waals surface area contributed by atoms with E-state index in [0.717, 1.165) is 18.9 Å². The molecule has 0 aliphatic carbocycles. The molecule has 9 heteroatoms. The van der Waals surface area contributed by atoms with Crippen LogP contribution in [0.1, 0.15) is 30.1 Å². The van der Waals surface area contributed by atoms with E-state index in [4.69, 9.17) is 21.5 Å². The van der Waals surface area contributed by atoms with Crippen LogP contribution in [0.15, 0.2) is 23.1 Å². The van der Waals surface area contributed by atoms with Gasteiger partial charge in [0.1, 0.15) is 4.90 Å². The first-order valence-electron chi connectivity index (χ1n) is 7.45. The average Bonchev–Trinajstić information content (AvgIpc) is 2.51. The topological polar surface area (TPSA) is 107 Å². The summed E-state index contributed by atoms with van der Waals surface area (Å²) in [6.45, 7) is 2.97. The molecule has 2 N–H and O–H groups in total. The van der Waals surface area contributed by atoms with E-state index in [1.807, 2.05) is 0 Å². The Hall–Kier alpha value is -1.64. The number of piperidine rings is 1. The number of amides is 1. The summed E-state index contributed by atoms with van der Waals surface area (Å²) in [5.41, 5.74) is -0.0387. The van der Waals surface area contributed by atoms with Gasteiger partial charge in [-0.3, -0.25) is 4.79 Å². The van der Waals surface area contributed by atoms with Gasteiger partial charge >= 0.3 is 5.97 Å². The van der Waals surface area contributed by atoms with Gasteiger partial charge in [-0.25, -0.2) is 18.4 Å². The Balaban J connectivity index is 2.01. The Labute approximate surface area is 145 Å². The van der Waals surface area contributed by atoms with Gasteiger partial charge in [0.25, 0.3) is 5.91 Å². The van der Waals surface area contributed by atoms with Gasteiger partial charge in [0.2, 0.25) is 10.0 Å². The number of hydrogen-bond acceptors (Lipinski definition) is 5. The Morgan fingerprint density at radius 3 is 2.75 bits per heavy atom. The highest BCUT2D eigenvalue weighted by Crippen LogP contribution is 2.22. The molecule has 1 heterocycles. The minimum absolute atomic E-state index is 0.0387. The molecule has 0 spiro atoms. The number of ether oxygens (including phenoxy) is 1. The first-order valence-corrected chi connectivity index (χ1v) is 9.38. The number of rotatable bonds is 4. The minimum Gasteiger partial charge on any atom is -0.452 e. The summed E-state index contributed by atoms with van der Waals surface area (Å²) in [7, 11) is -4.06. The fourth-order valence-corrected chi connectivity index (χ4v) is 3.64. The lowest BCUT2D eigenvalue weighted by Crippen LogP contribution is -2.41. The van der Waals surface area contributed by atoms with E-state index >= 15 is 0 Å². The van der Waals surface area contributed by atoms with Crippen molar-refractivity contribution >= 4 is 33.5 Å². The normalized spacial score (nSPS) is 18.3. The smallest absolute Gasteiger partial charge is 0.338 e. The molecule has 0 unspecified atom stereocenters. The van der Waals surface area contributed by atoms with E-state index in [0.29, 0.717) is 19.0 Å². The number of nitrogens with two attached hydrogens (primary N) is 1. The second-order valence-corrected chi connectivity index (χ2v) is 7.79. The van der Waals surface area contributed by atoms with E-state index in [1.54, 1.807) is 4.90 Å². The fourth-order valence-electron chi connectivity index (χ4n) is 2.57. The van der Waals surface area contributed by atoms with Gasteiger partial charge in [-0.1, -0.05) is 18.5 Å². The molecular formula is C15H19ClN2O5S. The molecule has 1 atom stereocenters. The van der Waals surface area contributed by atoms with Gasteiger partial charge < -0.3 is 9.64 Å². The lowest BCUT2D eigenvalue weighted by atomic mass is 10.0. The summed E-state index contributed by atoms with van der Waals surface area (Å²) in [6, 6.07) is 3.59. The molecule has 0 bridgehead atoms. The second-order valence-electron chi connectivity index (χ2n) is 5.85. The quantitative estimate of drug-likeness (QED) is 0.801. The van der Waals surface area contributed by atoms with E-state index < -0.39 is 16.0 Å². The largest absolute Gasteiger partial charge is 0.452 e. The summed E-state index contributed by atoms with van der Waals surface area (Å²) >= 11 is 5.76. The van der Waals surface area contributed by atoms with Crippen LogP contribution in [-0.4, -0.2) is 44.9 Å². The summed E-state index contributed by atoms with van der Waals surface area (Å²) in [5, 5.41) is 4.94. The van der Waals surface area contributed by atoms with Gasteiger partial charge in [-0.15, -0.1) is 0 Å². The second kappa shape index (κ2) is 7.50. The number of likely N-dealkylation sites (tertiary alicyclic amines) is 1. The number of hydrogen-bond donors (Lipinski definition) is 1. The average molecular weight is 375 g/mol. The molecule has 132 valence electrons. The molecule has 24 heavy (non-hydrogen) atoms. The zero-order chi connectivity index (χ0) is 17.9. The maximum atomic E-state index is 12.1. The number of esters is 1.